The number of nitro benzene ring substituents is 1. The van der Waals surface area contributed by atoms with Gasteiger partial charge in [-0.25, -0.2) is 0 Å². The number of benzene rings is 2. The van der Waals surface area contributed by atoms with E-state index in [2.05, 4.69) is 0 Å². The molecule has 2 aromatic carbocycles. The lowest BCUT2D eigenvalue weighted by Crippen LogP contribution is -2.30. The Balaban J connectivity index is 1.46. The lowest BCUT2D eigenvalue weighted by molar-refractivity contribution is -0.384. The molecular formula is C23H18N2O5S2. The summed E-state index contributed by atoms with van der Waals surface area (Å²) >= 11 is 6.63. The van der Waals surface area contributed by atoms with Crippen molar-refractivity contribution in [3.05, 3.63) is 87.0 Å². The second kappa shape index (κ2) is 9.37. The van der Waals surface area contributed by atoms with Gasteiger partial charge in [-0.05, 0) is 36.2 Å². The molecule has 2 heterocycles. The van der Waals surface area contributed by atoms with Crippen molar-refractivity contribution in [3.8, 4) is 17.1 Å². The third kappa shape index (κ3) is 4.74. The number of hydrogen-bond acceptors (Lipinski definition) is 7. The topological polar surface area (TPSA) is 85.8 Å². The minimum Gasteiger partial charge on any atom is -0.497 e. The maximum absolute atomic E-state index is 12.9. The van der Waals surface area contributed by atoms with E-state index in [1.54, 1.807) is 42.4 Å². The second-order valence-corrected chi connectivity index (χ2v) is 8.62. The van der Waals surface area contributed by atoms with Crippen LogP contribution in [0.4, 0.5) is 5.69 Å². The first-order valence-corrected chi connectivity index (χ1v) is 10.9. The smallest absolute Gasteiger partial charge is 0.270 e. The minimum absolute atomic E-state index is 0.0156. The first-order chi connectivity index (χ1) is 15.4. The summed E-state index contributed by atoms with van der Waals surface area (Å²) < 4.78 is 11.5. The molecule has 7 nitrogen and oxygen atoms in total. The van der Waals surface area contributed by atoms with Gasteiger partial charge in [0.15, 0.2) is 0 Å². The summed E-state index contributed by atoms with van der Waals surface area (Å²) in [4.78, 5) is 25.5. The van der Waals surface area contributed by atoms with Crippen molar-refractivity contribution in [2.75, 3.05) is 13.7 Å². The second-order valence-electron chi connectivity index (χ2n) is 6.94. The molecule has 1 aliphatic heterocycles. The van der Waals surface area contributed by atoms with Crippen molar-refractivity contribution in [2.24, 2.45) is 0 Å². The first kappa shape index (κ1) is 21.8. The standard InChI is InChI=1S/C23H18N2O5S2/c1-29-18-7-5-15(6-8-18)11-12-24-22(26)21(32-23(24)31)14-19-9-10-20(30-19)16-3-2-4-17(13-16)25(27)28/h2-10,13-14H,11-12H2,1H3/b21-14+. The minimum atomic E-state index is -0.454. The van der Waals surface area contributed by atoms with Crippen molar-refractivity contribution in [3.63, 3.8) is 0 Å². The summed E-state index contributed by atoms with van der Waals surface area (Å²) in [7, 11) is 1.62. The van der Waals surface area contributed by atoms with Crippen LogP contribution in [-0.2, 0) is 11.2 Å². The Hall–Kier alpha value is -3.43. The maximum atomic E-state index is 12.9. The van der Waals surface area contributed by atoms with Crippen LogP contribution in [0.15, 0.2) is 70.0 Å². The highest BCUT2D eigenvalue weighted by molar-refractivity contribution is 8.26. The van der Waals surface area contributed by atoms with Crippen LogP contribution in [0.1, 0.15) is 11.3 Å². The summed E-state index contributed by atoms with van der Waals surface area (Å²) in [6.45, 7) is 0.478. The van der Waals surface area contributed by atoms with E-state index in [0.29, 0.717) is 39.3 Å². The third-order valence-corrected chi connectivity index (χ3v) is 6.28. The molecule has 9 heteroatoms. The molecular weight excluding hydrogens is 448 g/mol. The normalized spacial score (nSPS) is 14.9. The van der Waals surface area contributed by atoms with Gasteiger partial charge in [0.25, 0.3) is 11.6 Å². The van der Waals surface area contributed by atoms with Crippen molar-refractivity contribution in [1.82, 2.24) is 4.90 Å². The molecule has 1 aromatic heterocycles. The Kier molecular flexibility index (Phi) is 6.38. The number of non-ortho nitro benzene ring substituents is 1. The number of amides is 1. The fourth-order valence-electron chi connectivity index (χ4n) is 3.21. The van der Waals surface area contributed by atoms with E-state index in [-0.39, 0.29) is 11.6 Å². The lowest BCUT2D eigenvalue weighted by atomic mass is 10.1. The van der Waals surface area contributed by atoms with E-state index in [0.717, 1.165) is 11.3 Å². The molecule has 0 spiro atoms. The molecule has 1 amide bonds. The molecule has 4 rings (SSSR count). The molecule has 0 bridgehead atoms. The number of ether oxygens (including phenoxy) is 1. The number of methoxy groups -OCH3 is 1. The highest BCUT2D eigenvalue weighted by Crippen LogP contribution is 2.34. The molecule has 1 aliphatic rings. The quantitative estimate of drug-likeness (QED) is 0.202. The molecule has 0 unspecified atom stereocenters. The summed E-state index contributed by atoms with van der Waals surface area (Å²) in [5, 5.41) is 11.0. The van der Waals surface area contributed by atoms with Crippen molar-refractivity contribution >= 4 is 46.0 Å². The number of nitrogens with zero attached hydrogens (tertiary/aromatic N) is 2. The molecule has 162 valence electrons. The zero-order valence-corrected chi connectivity index (χ0v) is 18.7. The number of thioether (sulfide) groups is 1. The molecule has 0 radical (unpaired) electrons. The van der Waals surface area contributed by atoms with Crippen LogP contribution >= 0.6 is 24.0 Å². The van der Waals surface area contributed by atoms with E-state index in [1.807, 2.05) is 24.3 Å². The summed E-state index contributed by atoms with van der Waals surface area (Å²) in [6.07, 6.45) is 2.31. The predicted octanol–water partition coefficient (Wildman–Crippen LogP) is 5.31. The molecule has 0 atom stereocenters. The molecule has 32 heavy (non-hydrogen) atoms. The predicted molar refractivity (Wildman–Crippen MR) is 127 cm³/mol. The van der Waals surface area contributed by atoms with Gasteiger partial charge in [0, 0.05) is 30.3 Å². The lowest BCUT2D eigenvalue weighted by Gasteiger charge is -2.14. The Morgan fingerprint density at radius 2 is 1.97 bits per heavy atom. The zero-order chi connectivity index (χ0) is 22.7. The fraction of sp³-hybridized carbons (Fsp3) is 0.130. The summed E-state index contributed by atoms with van der Waals surface area (Å²) in [5.74, 6) is 1.57. The van der Waals surface area contributed by atoms with Gasteiger partial charge in [-0.1, -0.05) is 48.2 Å². The summed E-state index contributed by atoms with van der Waals surface area (Å²) in [6, 6.07) is 17.3. The monoisotopic (exact) mass is 466 g/mol. The van der Waals surface area contributed by atoms with E-state index in [1.165, 1.54) is 23.9 Å². The Morgan fingerprint density at radius 1 is 1.19 bits per heavy atom. The van der Waals surface area contributed by atoms with Gasteiger partial charge >= 0.3 is 0 Å². The van der Waals surface area contributed by atoms with E-state index in [4.69, 9.17) is 21.4 Å². The van der Waals surface area contributed by atoms with Crippen LogP contribution in [0.5, 0.6) is 5.75 Å². The van der Waals surface area contributed by atoms with Crippen LogP contribution in [0.2, 0.25) is 0 Å². The van der Waals surface area contributed by atoms with Gasteiger partial charge in [-0.15, -0.1) is 0 Å². The highest BCUT2D eigenvalue weighted by atomic mass is 32.2. The van der Waals surface area contributed by atoms with Crippen LogP contribution in [-0.4, -0.2) is 33.7 Å². The van der Waals surface area contributed by atoms with Crippen molar-refractivity contribution < 1.29 is 18.9 Å². The molecule has 0 saturated carbocycles. The van der Waals surface area contributed by atoms with Gasteiger partial charge in [-0.2, -0.15) is 0 Å². The molecule has 0 N–H and O–H groups in total. The number of nitro groups is 1. The SMILES string of the molecule is COc1ccc(CCN2C(=O)/C(=C\c3ccc(-c4cccc([N+](=O)[O-])c4)o3)SC2=S)cc1. The van der Waals surface area contributed by atoms with Gasteiger partial charge in [0.05, 0.1) is 16.9 Å². The third-order valence-electron chi connectivity index (χ3n) is 4.90. The van der Waals surface area contributed by atoms with Crippen LogP contribution in [0.25, 0.3) is 17.4 Å². The Labute approximate surface area is 193 Å². The maximum Gasteiger partial charge on any atom is 0.270 e. The van der Waals surface area contributed by atoms with Crippen LogP contribution < -0.4 is 4.74 Å². The van der Waals surface area contributed by atoms with Gasteiger partial charge in [0.2, 0.25) is 0 Å². The van der Waals surface area contributed by atoms with E-state index >= 15 is 0 Å². The van der Waals surface area contributed by atoms with Crippen LogP contribution in [0.3, 0.4) is 0 Å². The number of furan rings is 1. The van der Waals surface area contributed by atoms with E-state index in [9.17, 15) is 14.9 Å². The molecule has 0 aliphatic carbocycles. The average Bonchev–Trinajstić information content (AvgIpc) is 3.37. The molecule has 3 aromatic rings. The Bertz CT molecular complexity index is 1220. The van der Waals surface area contributed by atoms with Gasteiger partial charge in [0.1, 0.15) is 21.6 Å². The largest absolute Gasteiger partial charge is 0.497 e. The van der Waals surface area contributed by atoms with Gasteiger partial charge < -0.3 is 9.15 Å². The van der Waals surface area contributed by atoms with Crippen molar-refractivity contribution in [1.29, 1.82) is 0 Å². The zero-order valence-electron chi connectivity index (χ0n) is 17.0. The Morgan fingerprint density at radius 3 is 2.69 bits per heavy atom. The molecule has 1 saturated heterocycles. The number of rotatable bonds is 7. The number of carbonyl (C=O) groups is 1. The van der Waals surface area contributed by atoms with Crippen molar-refractivity contribution in [2.45, 2.75) is 6.42 Å². The van der Waals surface area contributed by atoms with E-state index < -0.39 is 4.92 Å². The number of hydrogen-bond donors (Lipinski definition) is 0. The molecule has 1 fully saturated rings. The fourth-order valence-corrected chi connectivity index (χ4v) is 4.50. The van der Waals surface area contributed by atoms with Gasteiger partial charge in [-0.3, -0.25) is 19.8 Å². The average molecular weight is 467 g/mol. The highest BCUT2D eigenvalue weighted by Gasteiger charge is 2.32. The number of carbonyl (C=O) groups excluding carboxylic acids is 1. The number of thiocarbonyl (C=S) groups is 1. The first-order valence-electron chi connectivity index (χ1n) is 9.67. The van der Waals surface area contributed by atoms with Crippen LogP contribution in [0, 0.1) is 10.1 Å². The summed E-state index contributed by atoms with van der Waals surface area (Å²) in [5.41, 5.74) is 1.65.